The maximum atomic E-state index is 11.0. The van der Waals surface area contributed by atoms with E-state index in [-0.39, 0.29) is 0 Å². The second kappa shape index (κ2) is 2.93. The molecule has 1 aliphatic carbocycles. The lowest BCUT2D eigenvalue weighted by Crippen LogP contribution is -2.39. The van der Waals surface area contributed by atoms with Gasteiger partial charge >= 0.3 is 0 Å². The van der Waals surface area contributed by atoms with Gasteiger partial charge in [-0.1, -0.05) is 0 Å². The van der Waals surface area contributed by atoms with Gasteiger partial charge in [-0.3, -0.25) is 4.79 Å². The highest BCUT2D eigenvalue weighted by atomic mass is 16.5. The largest absolute Gasteiger partial charge is 0.387 e. The van der Waals surface area contributed by atoms with Crippen molar-refractivity contribution < 1.29 is 20.1 Å². The lowest BCUT2D eigenvalue weighted by molar-refractivity contribution is -0.155. The van der Waals surface area contributed by atoms with Crippen LogP contribution in [0.5, 0.6) is 0 Å². The van der Waals surface area contributed by atoms with E-state index in [2.05, 4.69) is 0 Å². The number of rotatable bonds is 4. The predicted octanol–water partition coefficient (Wildman–Crippen LogP) is -1.34. The average Bonchev–Trinajstić information content (AvgIpc) is 2.82. The minimum Gasteiger partial charge on any atom is -0.387 e. The predicted molar refractivity (Wildman–Crippen MR) is 39.7 cm³/mol. The van der Waals surface area contributed by atoms with Crippen molar-refractivity contribution in [2.24, 2.45) is 5.41 Å². The molecule has 1 rings (SSSR count). The molecule has 0 aromatic rings. The zero-order valence-electron chi connectivity index (χ0n) is 6.40. The minimum atomic E-state index is -1.91. The summed E-state index contributed by atoms with van der Waals surface area (Å²) in [4.78, 5) is 11.0. The van der Waals surface area contributed by atoms with E-state index >= 15 is 0 Å². The summed E-state index contributed by atoms with van der Waals surface area (Å²) in [7, 11) is 0. The highest BCUT2D eigenvalue weighted by Crippen LogP contribution is 2.49. The number of carbonyl (C=O) groups is 1. The standard InChI is InChI=1S/C7H11NO4/c8-3-4(9)7(1-2-7)5(10)6(11)12/h3,5-6,8,10-12H,1-2H2/t5-/m1/s1. The van der Waals surface area contributed by atoms with Gasteiger partial charge in [0.2, 0.25) is 0 Å². The van der Waals surface area contributed by atoms with Crippen LogP contribution < -0.4 is 0 Å². The number of nitrogens with one attached hydrogen (secondary N) is 1. The van der Waals surface area contributed by atoms with Crippen LogP contribution in [0.4, 0.5) is 0 Å². The molecule has 5 nitrogen and oxygen atoms in total. The Morgan fingerprint density at radius 2 is 1.92 bits per heavy atom. The first-order chi connectivity index (χ1) is 5.54. The first kappa shape index (κ1) is 9.31. The smallest absolute Gasteiger partial charge is 0.182 e. The van der Waals surface area contributed by atoms with Crippen molar-refractivity contribution >= 4 is 12.0 Å². The van der Waals surface area contributed by atoms with E-state index < -0.39 is 23.6 Å². The van der Waals surface area contributed by atoms with E-state index in [1.807, 2.05) is 0 Å². The van der Waals surface area contributed by atoms with Crippen LogP contribution in [-0.4, -0.2) is 39.7 Å². The maximum Gasteiger partial charge on any atom is 0.182 e. The van der Waals surface area contributed by atoms with Crippen molar-refractivity contribution in [1.82, 2.24) is 0 Å². The summed E-state index contributed by atoms with van der Waals surface area (Å²) in [6.07, 6.45) is -1.93. The Morgan fingerprint density at radius 1 is 1.42 bits per heavy atom. The number of hydrogen-bond donors (Lipinski definition) is 4. The van der Waals surface area contributed by atoms with Crippen molar-refractivity contribution in [3.63, 3.8) is 0 Å². The molecule has 0 unspecified atom stereocenters. The molecule has 0 saturated heterocycles. The Balaban J connectivity index is 2.72. The summed E-state index contributed by atoms with van der Waals surface area (Å²) < 4.78 is 0. The molecule has 0 heterocycles. The van der Waals surface area contributed by atoms with E-state index in [9.17, 15) is 9.90 Å². The molecular weight excluding hydrogens is 162 g/mol. The number of Topliss-reactive ketones (excluding diaryl/α,β-unsaturated/α-hetero) is 1. The van der Waals surface area contributed by atoms with E-state index in [0.717, 1.165) is 0 Å². The molecule has 0 amide bonds. The Labute approximate surface area is 69.2 Å². The second-order valence-electron chi connectivity index (χ2n) is 3.02. The molecule has 5 heteroatoms. The fourth-order valence-corrected chi connectivity index (χ4v) is 1.25. The summed E-state index contributed by atoms with van der Waals surface area (Å²) >= 11 is 0. The molecule has 1 fully saturated rings. The number of hydrogen-bond acceptors (Lipinski definition) is 5. The summed E-state index contributed by atoms with van der Waals surface area (Å²) in [6, 6.07) is 0. The summed E-state index contributed by atoms with van der Waals surface area (Å²) in [5, 5.41) is 33.1. The molecule has 0 aliphatic heterocycles. The van der Waals surface area contributed by atoms with Gasteiger partial charge < -0.3 is 20.7 Å². The van der Waals surface area contributed by atoms with Gasteiger partial charge in [0.15, 0.2) is 12.1 Å². The van der Waals surface area contributed by atoms with Gasteiger partial charge in [0.1, 0.15) is 6.10 Å². The summed E-state index contributed by atoms with van der Waals surface area (Å²) in [5.41, 5.74) is -1.09. The monoisotopic (exact) mass is 173 g/mol. The molecule has 0 radical (unpaired) electrons. The molecule has 1 aliphatic rings. The van der Waals surface area contributed by atoms with Crippen molar-refractivity contribution in [3.8, 4) is 0 Å². The molecule has 0 spiro atoms. The Bertz CT molecular complexity index is 209. The van der Waals surface area contributed by atoms with Gasteiger partial charge in [0.25, 0.3) is 0 Å². The molecule has 0 aromatic carbocycles. The fourth-order valence-electron chi connectivity index (χ4n) is 1.25. The Morgan fingerprint density at radius 3 is 2.17 bits per heavy atom. The van der Waals surface area contributed by atoms with Crippen LogP contribution in [0.2, 0.25) is 0 Å². The zero-order valence-corrected chi connectivity index (χ0v) is 6.40. The third-order valence-electron chi connectivity index (χ3n) is 2.26. The quantitative estimate of drug-likeness (QED) is 0.312. The van der Waals surface area contributed by atoms with Crippen LogP contribution in [-0.2, 0) is 4.79 Å². The Hall–Kier alpha value is -0.780. The van der Waals surface area contributed by atoms with Gasteiger partial charge in [0.05, 0.1) is 11.6 Å². The average molecular weight is 173 g/mol. The second-order valence-corrected chi connectivity index (χ2v) is 3.02. The number of aliphatic hydroxyl groups excluding tert-OH is 2. The highest BCUT2D eigenvalue weighted by molar-refractivity contribution is 6.29. The number of carbonyl (C=O) groups excluding carboxylic acids is 1. The van der Waals surface area contributed by atoms with Crippen LogP contribution in [0.15, 0.2) is 0 Å². The van der Waals surface area contributed by atoms with Gasteiger partial charge in [0, 0.05) is 0 Å². The van der Waals surface area contributed by atoms with Gasteiger partial charge in [-0.2, -0.15) is 0 Å². The van der Waals surface area contributed by atoms with E-state index in [1.54, 1.807) is 0 Å². The van der Waals surface area contributed by atoms with E-state index in [4.69, 9.17) is 15.6 Å². The highest BCUT2D eigenvalue weighted by Gasteiger charge is 2.56. The number of ketones is 1. The van der Waals surface area contributed by atoms with Gasteiger partial charge in [-0.25, -0.2) is 0 Å². The molecule has 1 atom stereocenters. The fraction of sp³-hybridized carbons (Fsp3) is 0.714. The molecule has 68 valence electrons. The summed E-state index contributed by atoms with van der Waals surface area (Å²) in [6.45, 7) is 0. The van der Waals surface area contributed by atoms with Gasteiger partial charge in [-0.05, 0) is 12.8 Å². The SMILES string of the molecule is N=CC(=O)C1([C@H](O)C(O)O)CC1. The number of aliphatic hydroxyl groups is 3. The van der Waals surface area contributed by atoms with Gasteiger partial charge in [-0.15, -0.1) is 0 Å². The molecular formula is C7H11NO4. The summed E-state index contributed by atoms with van der Waals surface area (Å²) in [5.74, 6) is -0.539. The van der Waals surface area contributed by atoms with Crippen LogP contribution in [0, 0.1) is 10.8 Å². The van der Waals surface area contributed by atoms with Crippen LogP contribution >= 0.6 is 0 Å². The van der Waals surface area contributed by atoms with E-state index in [0.29, 0.717) is 19.1 Å². The molecule has 12 heavy (non-hydrogen) atoms. The Kier molecular flexibility index (Phi) is 2.27. The normalized spacial score (nSPS) is 22.0. The first-order valence-electron chi connectivity index (χ1n) is 3.64. The van der Waals surface area contributed by atoms with Crippen molar-refractivity contribution in [1.29, 1.82) is 5.41 Å². The third kappa shape index (κ3) is 1.26. The zero-order chi connectivity index (χ0) is 9.35. The maximum absolute atomic E-state index is 11.0. The molecule has 1 saturated carbocycles. The van der Waals surface area contributed by atoms with Crippen molar-refractivity contribution in [2.75, 3.05) is 0 Å². The van der Waals surface area contributed by atoms with E-state index in [1.165, 1.54) is 0 Å². The lowest BCUT2D eigenvalue weighted by Gasteiger charge is -2.20. The first-order valence-corrected chi connectivity index (χ1v) is 3.64. The minimum absolute atomic E-state index is 0.417. The van der Waals surface area contributed by atoms with Crippen molar-refractivity contribution in [2.45, 2.75) is 25.2 Å². The van der Waals surface area contributed by atoms with Crippen LogP contribution in [0.1, 0.15) is 12.8 Å². The molecule has 0 bridgehead atoms. The molecule has 4 N–H and O–H groups in total. The van der Waals surface area contributed by atoms with Crippen LogP contribution in [0.25, 0.3) is 0 Å². The van der Waals surface area contributed by atoms with Crippen molar-refractivity contribution in [3.05, 3.63) is 0 Å². The molecule has 0 aromatic heterocycles. The van der Waals surface area contributed by atoms with Crippen LogP contribution in [0.3, 0.4) is 0 Å². The topological polar surface area (TPSA) is 102 Å². The lowest BCUT2D eigenvalue weighted by atomic mass is 9.94. The third-order valence-corrected chi connectivity index (χ3v) is 2.26.